The molecule has 0 bridgehead atoms. The van der Waals surface area contributed by atoms with Crippen molar-refractivity contribution in [1.29, 1.82) is 0 Å². The zero-order valence-electron chi connectivity index (χ0n) is 9.29. The second-order valence-corrected chi connectivity index (χ2v) is 4.36. The van der Waals surface area contributed by atoms with Gasteiger partial charge in [-0.3, -0.25) is 0 Å². The van der Waals surface area contributed by atoms with Crippen LogP contribution in [0.4, 0.5) is 4.39 Å². The number of hydrogen-bond acceptors (Lipinski definition) is 5. The number of aliphatic hydroxyl groups is 3. The summed E-state index contributed by atoms with van der Waals surface area (Å²) in [5.74, 6) is -0.409. The number of hydrogen-bond donors (Lipinski definition) is 4. The van der Waals surface area contributed by atoms with E-state index in [9.17, 15) is 14.6 Å². The first-order chi connectivity index (χ1) is 8.17. The average molecular weight is 248 g/mol. The fraction of sp³-hybridized carbons (Fsp3) is 0.900. The van der Waals surface area contributed by atoms with E-state index < -0.39 is 30.8 Å². The van der Waals surface area contributed by atoms with Crippen molar-refractivity contribution < 1.29 is 24.4 Å². The van der Waals surface area contributed by atoms with Crippen LogP contribution in [-0.4, -0.2) is 65.5 Å². The maximum Gasteiger partial charge on any atom is 0.285 e. The van der Waals surface area contributed by atoms with Crippen LogP contribution in [0.3, 0.4) is 0 Å². The number of rotatable bonds is 3. The molecule has 0 radical (unpaired) electrons. The predicted molar refractivity (Wildman–Crippen MR) is 57.3 cm³/mol. The highest BCUT2D eigenvalue weighted by molar-refractivity contribution is 5.76. The molecule has 2 fully saturated rings. The Labute approximate surface area is 98.1 Å². The van der Waals surface area contributed by atoms with Crippen LogP contribution in [0.25, 0.3) is 0 Å². The zero-order valence-corrected chi connectivity index (χ0v) is 9.29. The standard InChI is InChI=1S/C10H17FN2O4/c11-1-2-12-10-13-7-6(17-10)3-5(4-14)8(15)9(7)16/h5-9,14-16H,1-4H2,(H,12,13). The van der Waals surface area contributed by atoms with E-state index in [0.717, 1.165) is 0 Å². The number of alkyl halides is 1. The second kappa shape index (κ2) is 5.16. The first-order valence-corrected chi connectivity index (χ1v) is 5.68. The van der Waals surface area contributed by atoms with Gasteiger partial charge < -0.3 is 25.4 Å². The van der Waals surface area contributed by atoms with Gasteiger partial charge in [0.1, 0.15) is 18.9 Å². The number of aliphatic hydroxyl groups excluding tert-OH is 3. The highest BCUT2D eigenvalue weighted by atomic mass is 19.1. The summed E-state index contributed by atoms with van der Waals surface area (Å²) in [6, 6.07) is -0.256. The minimum Gasteiger partial charge on any atom is -0.460 e. The zero-order chi connectivity index (χ0) is 12.4. The molecule has 98 valence electrons. The molecule has 5 atom stereocenters. The van der Waals surface area contributed by atoms with E-state index in [4.69, 9.17) is 9.84 Å². The van der Waals surface area contributed by atoms with Crippen LogP contribution < -0.4 is 5.32 Å². The third kappa shape index (κ3) is 2.36. The Balaban J connectivity index is 2.04. The summed E-state index contributed by atoms with van der Waals surface area (Å²) in [6.07, 6.45) is -1.92. The van der Waals surface area contributed by atoms with Gasteiger partial charge in [0.05, 0.1) is 18.7 Å². The molecular weight excluding hydrogens is 231 g/mol. The Bertz CT molecular complexity index is 302. The fourth-order valence-electron chi connectivity index (χ4n) is 2.32. The lowest BCUT2D eigenvalue weighted by atomic mass is 9.80. The lowest BCUT2D eigenvalue weighted by Crippen LogP contribution is -2.56. The SMILES string of the molecule is OCC1CC2OC(=NCCF)NC2C(O)C1O. The van der Waals surface area contributed by atoms with Crippen LogP contribution in [0.1, 0.15) is 6.42 Å². The number of amidine groups is 1. The molecule has 1 heterocycles. The summed E-state index contributed by atoms with van der Waals surface area (Å²) in [7, 11) is 0. The molecule has 0 amide bonds. The Morgan fingerprint density at radius 3 is 2.82 bits per heavy atom. The topological polar surface area (TPSA) is 94.3 Å². The molecule has 0 aromatic rings. The summed E-state index contributed by atoms with van der Waals surface area (Å²) in [5, 5.41) is 31.5. The van der Waals surface area contributed by atoms with Gasteiger partial charge in [0.25, 0.3) is 6.02 Å². The molecule has 2 rings (SSSR count). The third-order valence-corrected chi connectivity index (χ3v) is 3.26. The molecule has 5 unspecified atom stereocenters. The summed E-state index contributed by atoms with van der Waals surface area (Å²) in [6.45, 7) is -0.778. The summed E-state index contributed by atoms with van der Waals surface area (Å²) in [5.41, 5.74) is 0. The van der Waals surface area contributed by atoms with Crippen molar-refractivity contribution in [3.63, 3.8) is 0 Å². The Hall–Kier alpha value is -0.920. The smallest absolute Gasteiger partial charge is 0.285 e. The molecule has 1 saturated heterocycles. The van der Waals surface area contributed by atoms with Crippen LogP contribution in [0.15, 0.2) is 4.99 Å². The number of fused-ring (bicyclic) bond motifs is 1. The fourth-order valence-corrected chi connectivity index (χ4v) is 2.32. The molecule has 1 aliphatic carbocycles. The largest absolute Gasteiger partial charge is 0.460 e. The van der Waals surface area contributed by atoms with Crippen molar-refractivity contribution in [2.75, 3.05) is 19.8 Å². The molecule has 0 aromatic heterocycles. The van der Waals surface area contributed by atoms with Crippen LogP contribution in [0, 0.1) is 5.92 Å². The number of nitrogens with one attached hydrogen (secondary N) is 1. The van der Waals surface area contributed by atoms with E-state index >= 15 is 0 Å². The van der Waals surface area contributed by atoms with Gasteiger partial charge >= 0.3 is 0 Å². The van der Waals surface area contributed by atoms with Gasteiger partial charge in [-0.25, -0.2) is 9.38 Å². The van der Waals surface area contributed by atoms with Gasteiger partial charge in [-0.05, 0) is 6.42 Å². The number of nitrogens with zero attached hydrogens (tertiary/aromatic N) is 1. The molecule has 2 aliphatic rings. The van der Waals surface area contributed by atoms with E-state index in [1.807, 2.05) is 0 Å². The normalized spacial score (nSPS) is 43.1. The molecule has 1 aliphatic heterocycles. The first kappa shape index (κ1) is 12.5. The van der Waals surface area contributed by atoms with Crippen molar-refractivity contribution in [3.05, 3.63) is 0 Å². The van der Waals surface area contributed by atoms with Crippen molar-refractivity contribution in [1.82, 2.24) is 5.32 Å². The van der Waals surface area contributed by atoms with Gasteiger partial charge in [-0.15, -0.1) is 0 Å². The third-order valence-electron chi connectivity index (χ3n) is 3.26. The summed E-state index contributed by atoms with van der Waals surface area (Å²) < 4.78 is 17.4. The van der Waals surface area contributed by atoms with E-state index in [0.29, 0.717) is 6.42 Å². The van der Waals surface area contributed by atoms with Crippen LogP contribution >= 0.6 is 0 Å². The number of ether oxygens (including phenoxy) is 1. The van der Waals surface area contributed by atoms with Crippen LogP contribution in [-0.2, 0) is 4.74 Å². The predicted octanol–water partition coefficient (Wildman–Crippen LogP) is -1.60. The molecule has 7 heteroatoms. The van der Waals surface area contributed by atoms with E-state index in [1.165, 1.54) is 0 Å². The molecule has 0 spiro atoms. The van der Waals surface area contributed by atoms with E-state index in [1.54, 1.807) is 0 Å². The van der Waals surface area contributed by atoms with Crippen molar-refractivity contribution in [2.45, 2.75) is 30.8 Å². The molecule has 0 aromatic carbocycles. The minimum absolute atomic E-state index is 0.00382. The quantitative estimate of drug-likeness (QED) is 0.483. The maximum atomic E-state index is 12.0. The summed E-state index contributed by atoms with van der Waals surface area (Å²) >= 11 is 0. The Morgan fingerprint density at radius 2 is 2.18 bits per heavy atom. The van der Waals surface area contributed by atoms with Gasteiger partial charge in [0.2, 0.25) is 0 Å². The second-order valence-electron chi connectivity index (χ2n) is 4.36. The van der Waals surface area contributed by atoms with Crippen molar-refractivity contribution in [3.8, 4) is 0 Å². The highest BCUT2D eigenvalue weighted by Gasteiger charge is 2.48. The molecular formula is C10H17FN2O4. The van der Waals surface area contributed by atoms with Crippen molar-refractivity contribution >= 4 is 6.02 Å². The Morgan fingerprint density at radius 1 is 1.41 bits per heavy atom. The van der Waals surface area contributed by atoms with Gasteiger partial charge in [0, 0.05) is 12.5 Å². The van der Waals surface area contributed by atoms with Gasteiger partial charge in [0.15, 0.2) is 0 Å². The van der Waals surface area contributed by atoms with E-state index in [2.05, 4.69) is 10.3 Å². The number of aliphatic imine (C=N–C) groups is 1. The lowest BCUT2D eigenvalue weighted by molar-refractivity contribution is -0.0948. The van der Waals surface area contributed by atoms with Crippen LogP contribution in [0.5, 0.6) is 0 Å². The lowest BCUT2D eigenvalue weighted by Gasteiger charge is -2.37. The van der Waals surface area contributed by atoms with Crippen molar-refractivity contribution in [2.24, 2.45) is 10.9 Å². The average Bonchev–Trinajstić information content (AvgIpc) is 2.74. The van der Waals surface area contributed by atoms with Gasteiger partial charge in [-0.1, -0.05) is 0 Å². The minimum atomic E-state index is -1.02. The Kier molecular flexibility index (Phi) is 3.80. The van der Waals surface area contributed by atoms with Gasteiger partial charge in [-0.2, -0.15) is 0 Å². The molecule has 4 N–H and O–H groups in total. The monoisotopic (exact) mass is 248 g/mol. The van der Waals surface area contributed by atoms with Crippen LogP contribution in [0.2, 0.25) is 0 Å². The highest BCUT2D eigenvalue weighted by Crippen LogP contribution is 2.30. The molecule has 6 nitrogen and oxygen atoms in total. The maximum absolute atomic E-state index is 12.0. The number of halogens is 1. The molecule has 1 saturated carbocycles. The first-order valence-electron chi connectivity index (χ1n) is 5.68. The van der Waals surface area contributed by atoms with E-state index in [-0.39, 0.29) is 25.3 Å². The molecule has 17 heavy (non-hydrogen) atoms. The summed E-state index contributed by atoms with van der Waals surface area (Å²) in [4.78, 5) is 3.83.